The van der Waals surface area contributed by atoms with Gasteiger partial charge in [-0.1, -0.05) is 12.1 Å². The van der Waals surface area contributed by atoms with Crippen molar-refractivity contribution < 1.29 is 9.53 Å². The molecule has 0 atom stereocenters. The van der Waals surface area contributed by atoms with E-state index in [1.807, 2.05) is 41.1 Å². The molecule has 0 unspecified atom stereocenters. The Hall–Kier alpha value is -2.38. The number of aryl methyl sites for hydroxylation is 1. The number of imidazole rings is 1. The number of hydrogen-bond acceptors (Lipinski definition) is 5. The van der Waals surface area contributed by atoms with Gasteiger partial charge in [-0.3, -0.25) is 9.20 Å². The zero-order valence-corrected chi connectivity index (χ0v) is 14.9. The third-order valence-corrected chi connectivity index (χ3v) is 5.16. The van der Waals surface area contributed by atoms with Gasteiger partial charge in [0.1, 0.15) is 0 Å². The summed E-state index contributed by atoms with van der Waals surface area (Å²) in [5, 5.41) is 2.99. The zero-order valence-electron chi connectivity index (χ0n) is 14.1. The van der Waals surface area contributed by atoms with Crippen LogP contribution in [0.1, 0.15) is 20.9 Å². The van der Waals surface area contributed by atoms with E-state index in [0.29, 0.717) is 25.3 Å². The molecule has 1 saturated heterocycles. The number of ether oxygens (including phenoxy) is 1. The summed E-state index contributed by atoms with van der Waals surface area (Å²) >= 11 is 1.65. The molecule has 1 aromatic carbocycles. The smallest absolute Gasteiger partial charge is 0.253 e. The van der Waals surface area contributed by atoms with Crippen molar-refractivity contribution in [1.82, 2.24) is 14.7 Å². The van der Waals surface area contributed by atoms with Crippen LogP contribution < -0.4 is 10.2 Å². The van der Waals surface area contributed by atoms with Crippen molar-refractivity contribution in [3.05, 3.63) is 52.8 Å². The summed E-state index contributed by atoms with van der Waals surface area (Å²) < 4.78 is 7.41. The molecule has 6 nitrogen and oxygen atoms in total. The molecule has 1 amide bonds. The second-order valence-corrected chi connectivity index (χ2v) is 7.28. The molecule has 4 rings (SSSR count). The highest BCUT2D eigenvalue weighted by Gasteiger charge is 2.18. The third kappa shape index (κ3) is 3.38. The maximum absolute atomic E-state index is 12.7. The number of anilines is 1. The molecule has 1 N–H and O–H groups in total. The van der Waals surface area contributed by atoms with Gasteiger partial charge in [-0.15, -0.1) is 11.3 Å². The number of aromatic nitrogens is 2. The number of thiazole rings is 1. The van der Waals surface area contributed by atoms with Crippen LogP contribution in [0.15, 0.2) is 36.7 Å². The number of fused-ring (bicyclic) bond motifs is 1. The van der Waals surface area contributed by atoms with E-state index in [1.165, 1.54) is 4.88 Å². The number of hydrogen-bond donors (Lipinski definition) is 1. The van der Waals surface area contributed by atoms with E-state index in [-0.39, 0.29) is 5.91 Å². The summed E-state index contributed by atoms with van der Waals surface area (Å²) in [4.78, 5) is 21.6. The fourth-order valence-corrected chi connectivity index (χ4v) is 3.88. The fourth-order valence-electron chi connectivity index (χ4n) is 3.06. The average molecular weight is 356 g/mol. The van der Waals surface area contributed by atoms with Crippen LogP contribution in [0, 0.1) is 6.92 Å². The molecule has 25 heavy (non-hydrogen) atoms. The van der Waals surface area contributed by atoms with Gasteiger partial charge in [0, 0.05) is 36.0 Å². The third-order valence-electron chi connectivity index (χ3n) is 4.25. The first-order valence-electron chi connectivity index (χ1n) is 8.34. The van der Waals surface area contributed by atoms with Crippen molar-refractivity contribution in [2.24, 2.45) is 0 Å². The van der Waals surface area contributed by atoms with E-state index in [0.717, 1.165) is 29.4 Å². The minimum Gasteiger partial charge on any atom is -0.378 e. The molecule has 1 fully saturated rings. The van der Waals surface area contributed by atoms with Crippen molar-refractivity contribution >= 4 is 27.9 Å². The van der Waals surface area contributed by atoms with Crippen LogP contribution in [0.25, 0.3) is 4.96 Å². The Labute approximate surface area is 150 Å². The van der Waals surface area contributed by atoms with Gasteiger partial charge in [0.25, 0.3) is 5.91 Å². The molecule has 0 saturated carbocycles. The van der Waals surface area contributed by atoms with Gasteiger partial charge in [0.05, 0.1) is 31.0 Å². The number of amides is 1. The SMILES string of the molecule is Cc1cn2cc(CNC(=O)c3ccccc3N3CCOCC3)nc2s1. The minimum absolute atomic E-state index is 0.0744. The molecule has 0 spiro atoms. The van der Waals surface area contributed by atoms with Crippen molar-refractivity contribution in [3.63, 3.8) is 0 Å². The number of carbonyl (C=O) groups excluding carboxylic acids is 1. The summed E-state index contributed by atoms with van der Waals surface area (Å²) in [5.41, 5.74) is 2.52. The number of morpholine rings is 1. The number of carbonyl (C=O) groups is 1. The standard InChI is InChI=1S/C18H20N4O2S/c1-13-11-22-12-14(20-18(22)25-13)10-19-17(23)15-4-2-3-5-16(15)21-6-8-24-9-7-21/h2-5,11-12H,6-10H2,1H3,(H,19,23). The lowest BCUT2D eigenvalue weighted by Crippen LogP contribution is -2.37. The average Bonchev–Trinajstić information content (AvgIpc) is 3.17. The van der Waals surface area contributed by atoms with Crippen LogP contribution in [-0.4, -0.2) is 41.6 Å². The Morgan fingerprint density at radius 3 is 2.88 bits per heavy atom. The van der Waals surface area contributed by atoms with E-state index in [2.05, 4.69) is 22.1 Å². The molecular formula is C18H20N4O2S. The lowest BCUT2D eigenvalue weighted by Gasteiger charge is -2.30. The van der Waals surface area contributed by atoms with E-state index in [9.17, 15) is 4.79 Å². The molecule has 0 bridgehead atoms. The van der Waals surface area contributed by atoms with E-state index >= 15 is 0 Å². The minimum atomic E-state index is -0.0744. The van der Waals surface area contributed by atoms with E-state index in [1.54, 1.807) is 11.3 Å². The first-order chi connectivity index (χ1) is 12.2. The molecule has 2 aromatic heterocycles. The van der Waals surface area contributed by atoms with Crippen molar-refractivity contribution in [2.45, 2.75) is 13.5 Å². The predicted molar refractivity (Wildman–Crippen MR) is 98.5 cm³/mol. The van der Waals surface area contributed by atoms with Gasteiger partial charge in [-0.05, 0) is 19.1 Å². The van der Waals surface area contributed by atoms with E-state index in [4.69, 9.17) is 4.74 Å². The molecule has 7 heteroatoms. The van der Waals surface area contributed by atoms with E-state index < -0.39 is 0 Å². The maximum atomic E-state index is 12.7. The molecule has 1 aliphatic rings. The van der Waals surface area contributed by atoms with Crippen LogP contribution in [0.5, 0.6) is 0 Å². The lowest BCUT2D eigenvalue weighted by molar-refractivity contribution is 0.0949. The second-order valence-electron chi connectivity index (χ2n) is 6.06. The van der Waals surface area contributed by atoms with Crippen molar-refractivity contribution in [3.8, 4) is 0 Å². The first kappa shape index (κ1) is 16.1. The first-order valence-corrected chi connectivity index (χ1v) is 9.16. The molecule has 0 aliphatic carbocycles. The lowest BCUT2D eigenvalue weighted by atomic mass is 10.1. The van der Waals surface area contributed by atoms with Crippen molar-refractivity contribution in [1.29, 1.82) is 0 Å². The van der Waals surface area contributed by atoms with Gasteiger partial charge < -0.3 is 15.0 Å². The largest absolute Gasteiger partial charge is 0.378 e. The summed E-state index contributed by atoms with van der Waals surface area (Å²) in [6.45, 7) is 5.48. The van der Waals surface area contributed by atoms with Gasteiger partial charge in [0.15, 0.2) is 4.96 Å². The number of nitrogens with zero attached hydrogens (tertiary/aromatic N) is 3. The van der Waals surface area contributed by atoms with Gasteiger partial charge in [-0.2, -0.15) is 0 Å². The van der Waals surface area contributed by atoms with Crippen LogP contribution >= 0.6 is 11.3 Å². The fraction of sp³-hybridized carbons (Fsp3) is 0.333. The Balaban J connectivity index is 1.48. The highest BCUT2D eigenvalue weighted by Crippen LogP contribution is 2.22. The molecular weight excluding hydrogens is 336 g/mol. The Morgan fingerprint density at radius 1 is 1.28 bits per heavy atom. The van der Waals surface area contributed by atoms with Crippen LogP contribution in [0.2, 0.25) is 0 Å². The number of benzene rings is 1. The Bertz CT molecular complexity index is 864. The van der Waals surface area contributed by atoms with Crippen LogP contribution in [0.4, 0.5) is 5.69 Å². The topological polar surface area (TPSA) is 58.9 Å². The molecule has 130 valence electrons. The summed E-state index contributed by atoms with van der Waals surface area (Å²) in [5.74, 6) is -0.0744. The van der Waals surface area contributed by atoms with Gasteiger partial charge in [0.2, 0.25) is 0 Å². The van der Waals surface area contributed by atoms with Crippen LogP contribution in [0.3, 0.4) is 0 Å². The zero-order chi connectivity index (χ0) is 17.2. The predicted octanol–water partition coefficient (Wildman–Crippen LogP) is 2.47. The molecule has 3 heterocycles. The number of rotatable bonds is 4. The Morgan fingerprint density at radius 2 is 2.08 bits per heavy atom. The summed E-state index contributed by atoms with van der Waals surface area (Å²) in [6.07, 6.45) is 4.01. The molecule has 3 aromatic rings. The number of nitrogens with one attached hydrogen (secondary N) is 1. The normalized spacial score (nSPS) is 14.8. The summed E-state index contributed by atoms with van der Waals surface area (Å²) in [6, 6.07) is 7.73. The van der Waals surface area contributed by atoms with Crippen molar-refractivity contribution in [2.75, 3.05) is 31.2 Å². The Kier molecular flexibility index (Phi) is 4.42. The highest BCUT2D eigenvalue weighted by atomic mass is 32.1. The highest BCUT2D eigenvalue weighted by molar-refractivity contribution is 7.16. The molecule has 0 radical (unpaired) electrons. The second kappa shape index (κ2) is 6.85. The van der Waals surface area contributed by atoms with Gasteiger partial charge in [-0.25, -0.2) is 4.98 Å². The van der Waals surface area contributed by atoms with Gasteiger partial charge >= 0.3 is 0 Å². The number of para-hydroxylation sites is 1. The maximum Gasteiger partial charge on any atom is 0.253 e. The summed E-state index contributed by atoms with van der Waals surface area (Å²) in [7, 11) is 0. The van der Waals surface area contributed by atoms with Crippen LogP contribution in [-0.2, 0) is 11.3 Å². The quantitative estimate of drug-likeness (QED) is 0.780. The monoisotopic (exact) mass is 356 g/mol. The molecule has 1 aliphatic heterocycles.